The first kappa shape index (κ1) is 37.6. The van der Waals surface area contributed by atoms with Crippen molar-refractivity contribution < 1.29 is 52.1 Å². The lowest BCUT2D eigenvalue weighted by atomic mass is 10.4. The molecule has 0 heterocycles. The van der Waals surface area contributed by atoms with Crippen LogP contribution in [-0.4, -0.2) is 145 Å². The molecule has 0 amide bonds. The minimum Gasteiger partial charge on any atom is -0.379 e. The summed E-state index contributed by atoms with van der Waals surface area (Å²) in [4.78, 5) is 0. The second-order valence-corrected chi connectivity index (χ2v) is 8.09. The Kier molecular flexibility index (Phi) is 36.1. The van der Waals surface area contributed by atoms with Crippen molar-refractivity contribution in [3.63, 3.8) is 0 Å². The SMILES string of the molecule is CCCCOCCOCCOCCOCCOCCOCCOCCOCCOCCOCCOCCC. The monoisotopic (exact) mass is 556 g/mol. The van der Waals surface area contributed by atoms with Crippen LogP contribution in [0.25, 0.3) is 0 Å². The standard InChI is InChI=1S/C27H56O11/c1-3-5-7-29-9-11-31-13-15-33-17-19-35-21-23-37-25-27-38-26-24-36-22-20-34-18-16-32-14-12-30-10-8-28-6-4-2/h3-27H2,1-2H3. The number of hydrogen-bond acceptors (Lipinski definition) is 11. The van der Waals surface area contributed by atoms with Gasteiger partial charge in [-0.25, -0.2) is 0 Å². The number of unbranched alkanes of at least 4 members (excludes halogenated alkanes) is 1. The Labute approximate surface area is 230 Å². The van der Waals surface area contributed by atoms with Crippen LogP contribution in [-0.2, 0) is 52.1 Å². The molecule has 0 aliphatic rings. The normalized spacial score (nSPS) is 11.5. The van der Waals surface area contributed by atoms with E-state index in [1.54, 1.807) is 0 Å². The van der Waals surface area contributed by atoms with E-state index in [1.807, 2.05) is 0 Å². The Balaban J connectivity index is 3.01. The van der Waals surface area contributed by atoms with E-state index in [2.05, 4.69) is 13.8 Å². The second kappa shape index (κ2) is 36.6. The molecule has 0 rings (SSSR count). The third kappa shape index (κ3) is 35.6. The summed E-state index contributed by atoms with van der Waals surface area (Å²) in [6.07, 6.45) is 3.28. The third-order valence-electron chi connectivity index (χ3n) is 4.71. The van der Waals surface area contributed by atoms with E-state index < -0.39 is 0 Å². The summed E-state index contributed by atoms with van der Waals surface area (Å²) < 4.78 is 59.7. The van der Waals surface area contributed by atoms with E-state index in [9.17, 15) is 0 Å². The van der Waals surface area contributed by atoms with Gasteiger partial charge in [-0.2, -0.15) is 0 Å². The summed E-state index contributed by atoms with van der Waals surface area (Å²) in [5.74, 6) is 0. The van der Waals surface area contributed by atoms with Crippen molar-refractivity contribution in [2.24, 2.45) is 0 Å². The quantitative estimate of drug-likeness (QED) is 0.108. The summed E-state index contributed by atoms with van der Waals surface area (Å²) in [5, 5.41) is 0. The zero-order valence-electron chi connectivity index (χ0n) is 24.2. The average Bonchev–Trinajstić information content (AvgIpc) is 2.93. The maximum Gasteiger partial charge on any atom is 0.0701 e. The Hall–Kier alpha value is -0.440. The van der Waals surface area contributed by atoms with E-state index in [-0.39, 0.29) is 0 Å². The maximum atomic E-state index is 5.47. The molecule has 11 heteroatoms. The van der Waals surface area contributed by atoms with Crippen LogP contribution in [0.5, 0.6) is 0 Å². The van der Waals surface area contributed by atoms with Crippen LogP contribution in [0.1, 0.15) is 33.1 Å². The van der Waals surface area contributed by atoms with Crippen LogP contribution < -0.4 is 0 Å². The van der Waals surface area contributed by atoms with Crippen LogP contribution in [0.2, 0.25) is 0 Å². The first-order valence-electron chi connectivity index (χ1n) is 14.3. The van der Waals surface area contributed by atoms with Gasteiger partial charge in [-0.1, -0.05) is 20.3 Å². The van der Waals surface area contributed by atoms with Crippen molar-refractivity contribution in [1.82, 2.24) is 0 Å². The van der Waals surface area contributed by atoms with Gasteiger partial charge in [0.2, 0.25) is 0 Å². The first-order valence-corrected chi connectivity index (χ1v) is 14.3. The van der Waals surface area contributed by atoms with Crippen molar-refractivity contribution in [2.75, 3.05) is 145 Å². The fraction of sp³-hybridized carbons (Fsp3) is 1.00. The molecule has 0 aliphatic heterocycles. The van der Waals surface area contributed by atoms with Gasteiger partial charge in [0.05, 0.1) is 132 Å². The Morgan fingerprint density at radius 2 is 0.395 bits per heavy atom. The highest BCUT2D eigenvalue weighted by Crippen LogP contribution is 1.89. The van der Waals surface area contributed by atoms with Crippen molar-refractivity contribution in [3.8, 4) is 0 Å². The van der Waals surface area contributed by atoms with Gasteiger partial charge >= 0.3 is 0 Å². The molecule has 0 aromatic rings. The molecule has 0 N–H and O–H groups in total. The van der Waals surface area contributed by atoms with Crippen molar-refractivity contribution >= 4 is 0 Å². The van der Waals surface area contributed by atoms with Crippen LogP contribution in [0.4, 0.5) is 0 Å². The van der Waals surface area contributed by atoms with Gasteiger partial charge in [-0.3, -0.25) is 0 Å². The molecule has 0 aliphatic carbocycles. The molecular weight excluding hydrogens is 500 g/mol. The van der Waals surface area contributed by atoms with Crippen molar-refractivity contribution in [2.45, 2.75) is 33.1 Å². The van der Waals surface area contributed by atoms with E-state index in [1.165, 1.54) is 0 Å². The summed E-state index contributed by atoms with van der Waals surface area (Å²) >= 11 is 0. The summed E-state index contributed by atoms with van der Waals surface area (Å²) in [6, 6.07) is 0. The third-order valence-corrected chi connectivity index (χ3v) is 4.71. The predicted octanol–water partition coefficient (Wildman–Crippen LogP) is 2.38. The Bertz CT molecular complexity index is 369. The molecule has 0 fully saturated rings. The number of rotatable bonds is 35. The van der Waals surface area contributed by atoms with Gasteiger partial charge in [0, 0.05) is 13.2 Å². The van der Waals surface area contributed by atoms with Gasteiger partial charge in [0.25, 0.3) is 0 Å². The first-order chi connectivity index (χ1) is 18.9. The summed E-state index contributed by atoms with van der Waals surface area (Å²) in [7, 11) is 0. The molecule has 230 valence electrons. The number of ether oxygens (including phenoxy) is 11. The smallest absolute Gasteiger partial charge is 0.0701 e. The summed E-state index contributed by atoms with van der Waals surface area (Å²) in [5.41, 5.74) is 0. The van der Waals surface area contributed by atoms with E-state index in [0.29, 0.717) is 132 Å². The highest BCUT2D eigenvalue weighted by atomic mass is 16.6. The van der Waals surface area contributed by atoms with Crippen molar-refractivity contribution in [1.29, 1.82) is 0 Å². The molecule has 0 spiro atoms. The van der Waals surface area contributed by atoms with Crippen LogP contribution in [0.15, 0.2) is 0 Å². The van der Waals surface area contributed by atoms with E-state index in [0.717, 1.165) is 32.5 Å². The molecule has 0 radical (unpaired) electrons. The average molecular weight is 557 g/mol. The van der Waals surface area contributed by atoms with E-state index in [4.69, 9.17) is 52.1 Å². The fourth-order valence-corrected chi connectivity index (χ4v) is 2.69. The van der Waals surface area contributed by atoms with Gasteiger partial charge in [0.1, 0.15) is 0 Å². The number of hydrogen-bond donors (Lipinski definition) is 0. The second-order valence-electron chi connectivity index (χ2n) is 8.09. The molecule has 38 heavy (non-hydrogen) atoms. The molecule has 0 bridgehead atoms. The Morgan fingerprint density at radius 3 is 0.579 bits per heavy atom. The minimum atomic E-state index is 0.527. The lowest BCUT2D eigenvalue weighted by Gasteiger charge is -2.09. The largest absolute Gasteiger partial charge is 0.379 e. The van der Waals surface area contributed by atoms with E-state index >= 15 is 0 Å². The zero-order chi connectivity index (χ0) is 27.5. The predicted molar refractivity (Wildman–Crippen MR) is 144 cm³/mol. The molecule has 0 saturated carbocycles. The van der Waals surface area contributed by atoms with Gasteiger partial charge in [0.15, 0.2) is 0 Å². The lowest BCUT2D eigenvalue weighted by molar-refractivity contribution is -0.0275. The van der Waals surface area contributed by atoms with Crippen LogP contribution in [0.3, 0.4) is 0 Å². The molecule has 0 aromatic heterocycles. The molecular formula is C27H56O11. The van der Waals surface area contributed by atoms with Gasteiger partial charge < -0.3 is 52.1 Å². The van der Waals surface area contributed by atoms with Crippen LogP contribution >= 0.6 is 0 Å². The topological polar surface area (TPSA) is 102 Å². The fourth-order valence-electron chi connectivity index (χ4n) is 2.69. The molecule has 0 aromatic carbocycles. The molecule has 0 unspecified atom stereocenters. The lowest BCUT2D eigenvalue weighted by Crippen LogP contribution is -2.15. The molecule has 0 saturated heterocycles. The highest BCUT2D eigenvalue weighted by molar-refractivity contribution is 4.39. The van der Waals surface area contributed by atoms with Gasteiger partial charge in [-0.15, -0.1) is 0 Å². The summed E-state index contributed by atoms with van der Waals surface area (Å²) in [6.45, 7) is 17.0. The highest BCUT2D eigenvalue weighted by Gasteiger charge is 1.96. The molecule has 0 atom stereocenters. The van der Waals surface area contributed by atoms with Crippen molar-refractivity contribution in [3.05, 3.63) is 0 Å². The molecule has 11 nitrogen and oxygen atoms in total. The Morgan fingerprint density at radius 1 is 0.211 bits per heavy atom. The van der Waals surface area contributed by atoms with Gasteiger partial charge in [-0.05, 0) is 12.8 Å². The maximum absolute atomic E-state index is 5.47. The van der Waals surface area contributed by atoms with Crippen LogP contribution in [0, 0.1) is 0 Å². The zero-order valence-corrected chi connectivity index (χ0v) is 24.2. The minimum absolute atomic E-state index is 0.527.